The van der Waals surface area contributed by atoms with E-state index in [0.717, 1.165) is 5.82 Å². The van der Waals surface area contributed by atoms with Crippen molar-refractivity contribution in [3.8, 4) is 0 Å². The van der Waals surface area contributed by atoms with Gasteiger partial charge in [-0.2, -0.15) is 0 Å². The van der Waals surface area contributed by atoms with Crippen LogP contribution in [0.25, 0.3) is 0 Å². The standard InChI is InChI=1S/C10H16BO6P/c1-6(12)5-16-9-8(13)7(17-10(9)11)3-4-18(2,14)15/h3-4,7-10,13-15H,2,5H2,1H3/b4-3+/t7-,8?,9+,10-/m1/s1. The summed E-state index contributed by atoms with van der Waals surface area (Å²) in [5, 5.41) is 9.86. The van der Waals surface area contributed by atoms with Gasteiger partial charge in [-0.1, -0.05) is 0 Å². The van der Waals surface area contributed by atoms with E-state index in [9.17, 15) is 9.90 Å². The highest BCUT2D eigenvalue weighted by Crippen LogP contribution is 2.36. The third kappa shape index (κ3) is 4.68. The fourth-order valence-corrected chi connectivity index (χ4v) is 1.95. The van der Waals surface area contributed by atoms with Crippen molar-refractivity contribution in [1.29, 1.82) is 0 Å². The highest BCUT2D eigenvalue weighted by Gasteiger charge is 2.40. The average molecular weight is 274 g/mol. The van der Waals surface area contributed by atoms with Crippen LogP contribution in [0.3, 0.4) is 0 Å². The summed E-state index contributed by atoms with van der Waals surface area (Å²) >= 11 is 0. The smallest absolute Gasteiger partial charge is 0.155 e. The highest BCUT2D eigenvalue weighted by atomic mass is 31.2. The van der Waals surface area contributed by atoms with E-state index < -0.39 is 31.7 Å². The zero-order chi connectivity index (χ0) is 13.9. The Kier molecular flexibility index (Phi) is 5.34. The van der Waals surface area contributed by atoms with Crippen LogP contribution in [0.15, 0.2) is 11.9 Å². The summed E-state index contributed by atoms with van der Waals surface area (Å²) in [5.74, 6) is 0.878. The van der Waals surface area contributed by atoms with Crippen LogP contribution in [-0.2, 0) is 14.3 Å². The minimum absolute atomic E-state index is 0.165. The summed E-state index contributed by atoms with van der Waals surface area (Å²) in [7, 11) is 2.28. The third-order valence-electron chi connectivity index (χ3n) is 2.30. The van der Waals surface area contributed by atoms with Crippen LogP contribution in [0.4, 0.5) is 0 Å². The monoisotopic (exact) mass is 274 g/mol. The van der Waals surface area contributed by atoms with E-state index in [1.807, 2.05) is 0 Å². The van der Waals surface area contributed by atoms with Gasteiger partial charge in [0.05, 0.1) is 0 Å². The molecule has 0 saturated carbocycles. The molecule has 0 amide bonds. The number of ether oxygens (including phenoxy) is 2. The minimum Gasteiger partial charge on any atom is -0.387 e. The lowest BCUT2D eigenvalue weighted by Crippen LogP contribution is -2.36. The molecule has 0 aliphatic carbocycles. The normalized spacial score (nSPS) is 33.1. The van der Waals surface area contributed by atoms with Gasteiger partial charge in [0.15, 0.2) is 5.78 Å². The number of Topliss-reactive ketones (excluding diaryl/α,β-unsaturated/α-hetero) is 1. The maximum absolute atomic E-state index is 10.8. The Bertz CT molecular complexity index is 379. The van der Waals surface area contributed by atoms with Crippen molar-refractivity contribution in [1.82, 2.24) is 0 Å². The van der Waals surface area contributed by atoms with E-state index in [1.54, 1.807) is 0 Å². The Balaban J connectivity index is 2.63. The van der Waals surface area contributed by atoms with Crippen LogP contribution in [0.1, 0.15) is 6.92 Å². The molecule has 1 fully saturated rings. The Morgan fingerprint density at radius 3 is 2.72 bits per heavy atom. The number of carbonyl (C=O) groups is 1. The lowest BCUT2D eigenvalue weighted by atomic mass is 9.93. The number of rotatable bonds is 5. The first kappa shape index (κ1) is 15.6. The molecule has 1 unspecified atom stereocenters. The van der Waals surface area contributed by atoms with Gasteiger partial charge in [0.1, 0.15) is 40.1 Å². The summed E-state index contributed by atoms with van der Waals surface area (Å²) in [4.78, 5) is 29.0. The largest absolute Gasteiger partial charge is 0.387 e. The first-order chi connectivity index (χ1) is 8.20. The van der Waals surface area contributed by atoms with E-state index in [-0.39, 0.29) is 12.4 Å². The molecule has 0 aromatic rings. The molecule has 2 radical (unpaired) electrons. The molecule has 3 N–H and O–H groups in total. The first-order valence-corrected chi connectivity index (χ1v) is 7.23. The lowest BCUT2D eigenvalue weighted by Gasteiger charge is -2.17. The van der Waals surface area contributed by atoms with Crippen LogP contribution in [0.5, 0.6) is 0 Å². The molecule has 100 valence electrons. The van der Waals surface area contributed by atoms with Crippen LogP contribution in [-0.4, -0.2) is 65.7 Å². The second kappa shape index (κ2) is 6.15. The number of aliphatic hydroxyl groups excluding tert-OH is 1. The van der Waals surface area contributed by atoms with Gasteiger partial charge in [-0.25, -0.2) is 0 Å². The van der Waals surface area contributed by atoms with Gasteiger partial charge < -0.3 is 24.4 Å². The zero-order valence-corrected chi connectivity index (χ0v) is 10.9. The Labute approximate surface area is 107 Å². The maximum atomic E-state index is 10.8. The molecule has 18 heavy (non-hydrogen) atoms. The molecule has 8 heteroatoms. The van der Waals surface area contributed by atoms with Gasteiger partial charge >= 0.3 is 0 Å². The number of aliphatic hydroxyl groups is 1. The molecule has 1 aliphatic rings. The van der Waals surface area contributed by atoms with Crippen LogP contribution in [0, 0.1) is 0 Å². The van der Waals surface area contributed by atoms with Crippen LogP contribution in [0.2, 0.25) is 0 Å². The Hall–Kier alpha value is -0.425. The minimum atomic E-state index is -3.32. The van der Waals surface area contributed by atoms with Crippen molar-refractivity contribution in [3.63, 3.8) is 0 Å². The highest BCUT2D eigenvalue weighted by molar-refractivity contribution is 7.65. The average Bonchev–Trinajstić information content (AvgIpc) is 2.47. The predicted octanol–water partition coefficient (Wildman–Crippen LogP) is -1.01. The molecule has 0 aromatic carbocycles. The quantitative estimate of drug-likeness (QED) is 0.439. The summed E-state index contributed by atoms with van der Waals surface area (Å²) in [6.07, 6.45) is 1.69. The Morgan fingerprint density at radius 1 is 1.61 bits per heavy atom. The summed E-state index contributed by atoms with van der Waals surface area (Å²) in [5.41, 5.74) is 0. The molecule has 4 atom stereocenters. The van der Waals surface area contributed by atoms with Gasteiger partial charge in [0.25, 0.3) is 0 Å². The predicted molar refractivity (Wildman–Crippen MR) is 68.5 cm³/mol. The van der Waals surface area contributed by atoms with E-state index in [4.69, 9.17) is 27.1 Å². The summed E-state index contributed by atoms with van der Waals surface area (Å²) in [6.45, 7) is 1.19. The first-order valence-electron chi connectivity index (χ1n) is 5.29. The van der Waals surface area contributed by atoms with Crippen LogP contribution < -0.4 is 0 Å². The van der Waals surface area contributed by atoms with Crippen molar-refractivity contribution in [2.24, 2.45) is 0 Å². The lowest BCUT2D eigenvalue weighted by molar-refractivity contribution is -0.125. The second-order valence-electron chi connectivity index (χ2n) is 4.16. The van der Waals surface area contributed by atoms with Gasteiger partial charge in [0.2, 0.25) is 0 Å². The van der Waals surface area contributed by atoms with Crippen LogP contribution >= 0.6 is 7.34 Å². The van der Waals surface area contributed by atoms with E-state index in [0.29, 0.717) is 0 Å². The number of ketones is 1. The molecule has 6 nitrogen and oxygen atoms in total. The van der Waals surface area contributed by atoms with E-state index >= 15 is 0 Å². The molecular weight excluding hydrogens is 258 g/mol. The SMILES string of the molecule is [B][C@@H]1O[C@H](/C=C/P(=C)(O)O)C(O)[C@@H]1OCC(C)=O. The van der Waals surface area contributed by atoms with E-state index in [2.05, 4.69) is 6.30 Å². The van der Waals surface area contributed by atoms with E-state index in [1.165, 1.54) is 13.0 Å². The zero-order valence-electron chi connectivity index (χ0n) is 9.97. The van der Waals surface area contributed by atoms with Gasteiger partial charge in [0, 0.05) is 6.00 Å². The molecule has 0 aromatic heterocycles. The van der Waals surface area contributed by atoms with Crippen molar-refractivity contribution in [3.05, 3.63) is 11.9 Å². The topological polar surface area (TPSA) is 96.2 Å². The summed E-state index contributed by atoms with van der Waals surface area (Å²) < 4.78 is 10.3. The third-order valence-corrected chi connectivity index (χ3v) is 2.95. The number of carbonyl (C=O) groups excluding carboxylic acids is 1. The van der Waals surface area contributed by atoms with Crippen molar-refractivity contribution in [2.45, 2.75) is 31.2 Å². The summed E-state index contributed by atoms with van der Waals surface area (Å²) in [6, 6.07) is -0.885. The number of hydrogen-bond acceptors (Lipinski definition) is 6. The molecule has 1 aliphatic heterocycles. The molecule has 1 rings (SSSR count). The van der Waals surface area contributed by atoms with Crippen molar-refractivity contribution >= 4 is 27.3 Å². The van der Waals surface area contributed by atoms with Gasteiger partial charge in [-0.3, -0.25) is 4.79 Å². The maximum Gasteiger partial charge on any atom is 0.155 e. The molecular formula is C10H16BO6P. The molecule has 0 spiro atoms. The fraction of sp³-hybridized carbons (Fsp3) is 0.600. The van der Waals surface area contributed by atoms with Crippen molar-refractivity contribution in [2.75, 3.05) is 6.61 Å². The van der Waals surface area contributed by atoms with Gasteiger partial charge in [-0.15, -0.1) is 0 Å². The molecule has 1 heterocycles. The number of hydrogen-bond donors (Lipinski definition) is 3. The molecule has 1 saturated heterocycles. The van der Waals surface area contributed by atoms with Gasteiger partial charge in [-0.05, 0) is 25.1 Å². The van der Waals surface area contributed by atoms with Crippen molar-refractivity contribution < 1.29 is 29.2 Å². The second-order valence-corrected chi connectivity index (χ2v) is 6.03. The fourth-order valence-electron chi connectivity index (χ4n) is 1.51. The Morgan fingerprint density at radius 2 is 2.22 bits per heavy atom. The molecule has 0 bridgehead atoms.